The van der Waals surface area contributed by atoms with Gasteiger partial charge in [0.2, 0.25) is 0 Å². The molecule has 0 spiro atoms. The van der Waals surface area contributed by atoms with E-state index in [1.165, 1.54) is 0 Å². The standard InChI is InChI=1S/C17H21NO2/c1-12-11-15(20-4)9-10-16(12)17(19)13-5-7-14(8-6-13)18(2)3/h5-11,17,19H,1-4H3. The van der Waals surface area contributed by atoms with Gasteiger partial charge in [0, 0.05) is 19.8 Å². The Balaban J connectivity index is 2.28. The zero-order valence-electron chi connectivity index (χ0n) is 12.4. The lowest BCUT2D eigenvalue weighted by atomic mass is 9.97. The van der Waals surface area contributed by atoms with Gasteiger partial charge in [0.05, 0.1) is 7.11 Å². The fourth-order valence-electron chi connectivity index (χ4n) is 2.22. The van der Waals surface area contributed by atoms with Crippen molar-refractivity contribution in [1.82, 2.24) is 0 Å². The van der Waals surface area contributed by atoms with Crippen LogP contribution in [-0.2, 0) is 0 Å². The van der Waals surface area contributed by atoms with Gasteiger partial charge in [-0.2, -0.15) is 0 Å². The quantitative estimate of drug-likeness (QED) is 0.927. The summed E-state index contributed by atoms with van der Waals surface area (Å²) in [4.78, 5) is 2.04. The molecule has 0 fully saturated rings. The van der Waals surface area contributed by atoms with Crippen LogP contribution in [0, 0.1) is 6.92 Å². The van der Waals surface area contributed by atoms with Crippen LogP contribution < -0.4 is 9.64 Å². The fraction of sp³-hybridized carbons (Fsp3) is 0.294. The van der Waals surface area contributed by atoms with Crippen molar-refractivity contribution in [2.24, 2.45) is 0 Å². The number of methoxy groups -OCH3 is 1. The zero-order chi connectivity index (χ0) is 14.7. The fourth-order valence-corrected chi connectivity index (χ4v) is 2.22. The van der Waals surface area contributed by atoms with Gasteiger partial charge < -0.3 is 14.7 Å². The molecule has 2 aromatic carbocycles. The van der Waals surface area contributed by atoms with Crippen LogP contribution in [0.2, 0.25) is 0 Å². The predicted octanol–water partition coefficient (Wildman–Crippen LogP) is 3.15. The van der Waals surface area contributed by atoms with E-state index in [-0.39, 0.29) is 0 Å². The van der Waals surface area contributed by atoms with Gasteiger partial charge in [-0.25, -0.2) is 0 Å². The van der Waals surface area contributed by atoms with Crippen molar-refractivity contribution < 1.29 is 9.84 Å². The van der Waals surface area contributed by atoms with Crippen LogP contribution in [0.4, 0.5) is 5.69 Å². The smallest absolute Gasteiger partial charge is 0.119 e. The Kier molecular flexibility index (Phi) is 4.30. The molecule has 0 saturated heterocycles. The molecule has 1 unspecified atom stereocenters. The molecular weight excluding hydrogens is 250 g/mol. The van der Waals surface area contributed by atoms with Crippen molar-refractivity contribution in [3.8, 4) is 5.75 Å². The van der Waals surface area contributed by atoms with Crippen LogP contribution in [0.25, 0.3) is 0 Å². The van der Waals surface area contributed by atoms with Gasteiger partial charge in [0.15, 0.2) is 0 Å². The molecule has 0 aliphatic rings. The number of ether oxygens (including phenoxy) is 1. The Morgan fingerprint density at radius 1 is 1.05 bits per heavy atom. The Morgan fingerprint density at radius 3 is 2.20 bits per heavy atom. The molecule has 0 saturated carbocycles. The van der Waals surface area contributed by atoms with E-state index >= 15 is 0 Å². The van der Waals surface area contributed by atoms with Gasteiger partial charge in [-0.15, -0.1) is 0 Å². The second kappa shape index (κ2) is 5.97. The van der Waals surface area contributed by atoms with Crippen molar-refractivity contribution in [2.75, 3.05) is 26.1 Å². The van der Waals surface area contributed by atoms with Gasteiger partial charge in [-0.1, -0.05) is 18.2 Å². The molecule has 2 aromatic rings. The first-order chi connectivity index (χ1) is 9.52. The topological polar surface area (TPSA) is 32.7 Å². The highest BCUT2D eigenvalue weighted by Gasteiger charge is 2.13. The summed E-state index contributed by atoms with van der Waals surface area (Å²) < 4.78 is 5.19. The number of anilines is 1. The number of hydrogen-bond donors (Lipinski definition) is 1. The first-order valence-corrected chi connectivity index (χ1v) is 6.63. The van der Waals surface area contributed by atoms with Crippen LogP contribution in [0.3, 0.4) is 0 Å². The van der Waals surface area contributed by atoms with E-state index in [1.807, 2.05) is 68.4 Å². The summed E-state index contributed by atoms with van der Waals surface area (Å²) >= 11 is 0. The lowest BCUT2D eigenvalue weighted by molar-refractivity contribution is 0.219. The lowest BCUT2D eigenvalue weighted by Gasteiger charge is -2.17. The lowest BCUT2D eigenvalue weighted by Crippen LogP contribution is -2.09. The summed E-state index contributed by atoms with van der Waals surface area (Å²) in [7, 11) is 5.64. The molecule has 0 bridgehead atoms. The summed E-state index contributed by atoms with van der Waals surface area (Å²) in [6.07, 6.45) is -0.614. The zero-order valence-corrected chi connectivity index (χ0v) is 12.4. The van der Waals surface area contributed by atoms with Crippen LogP contribution in [-0.4, -0.2) is 26.3 Å². The van der Waals surface area contributed by atoms with Crippen LogP contribution in [0.15, 0.2) is 42.5 Å². The van der Waals surface area contributed by atoms with E-state index in [2.05, 4.69) is 0 Å². The molecule has 1 N–H and O–H groups in total. The molecule has 0 radical (unpaired) electrons. The molecular formula is C17H21NO2. The maximum Gasteiger partial charge on any atom is 0.119 e. The second-order valence-electron chi connectivity index (χ2n) is 5.11. The van der Waals surface area contributed by atoms with E-state index in [1.54, 1.807) is 7.11 Å². The second-order valence-corrected chi connectivity index (χ2v) is 5.11. The number of rotatable bonds is 4. The minimum absolute atomic E-state index is 0.614. The summed E-state index contributed by atoms with van der Waals surface area (Å²) in [6.45, 7) is 1.98. The van der Waals surface area contributed by atoms with E-state index in [0.29, 0.717) is 0 Å². The number of aliphatic hydroxyl groups excluding tert-OH is 1. The number of nitrogens with zero attached hydrogens (tertiary/aromatic N) is 1. The Morgan fingerprint density at radius 2 is 1.70 bits per heavy atom. The van der Waals surface area contributed by atoms with Crippen molar-refractivity contribution in [3.63, 3.8) is 0 Å². The molecule has 3 heteroatoms. The highest BCUT2D eigenvalue weighted by molar-refractivity contribution is 5.48. The maximum atomic E-state index is 10.5. The summed E-state index contributed by atoms with van der Waals surface area (Å²) in [6, 6.07) is 13.7. The predicted molar refractivity (Wildman–Crippen MR) is 82.6 cm³/mol. The van der Waals surface area contributed by atoms with Crippen LogP contribution in [0.5, 0.6) is 5.75 Å². The first-order valence-electron chi connectivity index (χ1n) is 6.63. The summed E-state index contributed by atoms with van der Waals surface area (Å²) in [5.41, 5.74) is 3.94. The molecule has 0 aliphatic carbocycles. The first kappa shape index (κ1) is 14.4. The van der Waals surface area contributed by atoms with Gasteiger partial charge in [-0.05, 0) is 47.9 Å². The average Bonchev–Trinajstić information content (AvgIpc) is 2.46. The van der Waals surface area contributed by atoms with Crippen molar-refractivity contribution >= 4 is 5.69 Å². The van der Waals surface area contributed by atoms with Crippen LogP contribution >= 0.6 is 0 Å². The van der Waals surface area contributed by atoms with Crippen LogP contribution in [0.1, 0.15) is 22.8 Å². The highest BCUT2D eigenvalue weighted by atomic mass is 16.5. The normalized spacial score (nSPS) is 12.1. The van der Waals surface area contributed by atoms with Crippen molar-refractivity contribution in [1.29, 1.82) is 0 Å². The average molecular weight is 271 g/mol. The van der Waals surface area contributed by atoms with Gasteiger partial charge >= 0.3 is 0 Å². The van der Waals surface area contributed by atoms with Gasteiger partial charge in [0.25, 0.3) is 0 Å². The largest absolute Gasteiger partial charge is 0.497 e. The summed E-state index contributed by atoms with van der Waals surface area (Å²) in [5, 5.41) is 10.5. The Labute approximate surface area is 120 Å². The number of hydrogen-bond acceptors (Lipinski definition) is 3. The molecule has 0 aromatic heterocycles. The third-order valence-corrected chi connectivity index (χ3v) is 3.50. The molecule has 20 heavy (non-hydrogen) atoms. The minimum Gasteiger partial charge on any atom is -0.497 e. The van der Waals surface area contributed by atoms with Gasteiger partial charge in [-0.3, -0.25) is 0 Å². The molecule has 1 atom stereocenters. The summed E-state index contributed by atoms with van der Waals surface area (Å²) in [5.74, 6) is 0.807. The van der Waals surface area contributed by atoms with Crippen molar-refractivity contribution in [3.05, 3.63) is 59.2 Å². The molecule has 106 valence electrons. The van der Waals surface area contributed by atoms with E-state index in [0.717, 1.165) is 28.1 Å². The van der Waals surface area contributed by atoms with Gasteiger partial charge in [0.1, 0.15) is 11.9 Å². The molecule has 2 rings (SSSR count). The minimum atomic E-state index is -0.614. The van der Waals surface area contributed by atoms with E-state index in [9.17, 15) is 5.11 Å². The number of benzene rings is 2. The molecule has 3 nitrogen and oxygen atoms in total. The highest BCUT2D eigenvalue weighted by Crippen LogP contribution is 2.28. The molecule has 0 amide bonds. The monoisotopic (exact) mass is 271 g/mol. The number of aliphatic hydroxyl groups is 1. The third-order valence-electron chi connectivity index (χ3n) is 3.50. The Hall–Kier alpha value is -2.00. The third kappa shape index (κ3) is 2.94. The number of aryl methyl sites for hydroxylation is 1. The molecule has 0 aliphatic heterocycles. The van der Waals surface area contributed by atoms with E-state index in [4.69, 9.17) is 4.74 Å². The van der Waals surface area contributed by atoms with E-state index < -0.39 is 6.10 Å². The van der Waals surface area contributed by atoms with Crippen molar-refractivity contribution in [2.45, 2.75) is 13.0 Å². The molecule has 0 heterocycles. The maximum absolute atomic E-state index is 10.5. The SMILES string of the molecule is COc1ccc(C(O)c2ccc(N(C)C)cc2)c(C)c1. The Bertz CT molecular complexity index is 576.